The van der Waals surface area contributed by atoms with Gasteiger partial charge in [0.25, 0.3) is 0 Å². The number of nitrogens with zero attached hydrogens (tertiary/aromatic N) is 5. The van der Waals surface area contributed by atoms with Gasteiger partial charge in [0.15, 0.2) is 0 Å². The fourth-order valence-corrected chi connectivity index (χ4v) is 9.15. The standard InChI is InChI=1S/C54H31N5O/c1-2-10-33(11-3-1)50-53(45-15-8-9-26-55-45)58-51-42-28-34(18-17-32(42)20-23-46(51)56-50)35-19-22-41-43(29-35)38-12-4-5-14-40(38)52-54(41)59-27-25-37(31-49(59)57-52)36-21-24-48-44(30-36)39-13-6-7-16-47(39)60-48/h1-31H. The van der Waals surface area contributed by atoms with Crippen LogP contribution >= 0.6 is 0 Å². The topological polar surface area (TPSA) is 69.1 Å². The molecule has 60 heavy (non-hydrogen) atoms. The van der Waals surface area contributed by atoms with E-state index in [1.807, 2.05) is 54.7 Å². The maximum absolute atomic E-state index is 6.12. The first-order chi connectivity index (χ1) is 29.7. The first-order valence-corrected chi connectivity index (χ1v) is 20.1. The first kappa shape index (κ1) is 32.8. The molecule has 0 aliphatic carbocycles. The second kappa shape index (κ2) is 12.6. The number of hydrogen-bond donors (Lipinski definition) is 0. The van der Waals surface area contributed by atoms with Gasteiger partial charge in [-0.1, -0.05) is 115 Å². The van der Waals surface area contributed by atoms with Crippen LogP contribution in [-0.2, 0) is 0 Å². The summed E-state index contributed by atoms with van der Waals surface area (Å²) in [5.74, 6) is 0. The Hall–Kier alpha value is -8.22. The predicted octanol–water partition coefficient (Wildman–Crippen LogP) is 13.9. The Morgan fingerprint density at radius 3 is 1.97 bits per heavy atom. The average molecular weight is 766 g/mol. The van der Waals surface area contributed by atoms with E-state index in [2.05, 4.69) is 138 Å². The van der Waals surface area contributed by atoms with Crippen molar-refractivity contribution in [2.75, 3.05) is 0 Å². The Kier molecular flexibility index (Phi) is 6.91. The van der Waals surface area contributed by atoms with Gasteiger partial charge in [0.1, 0.15) is 22.5 Å². The zero-order valence-electron chi connectivity index (χ0n) is 32.0. The van der Waals surface area contributed by atoms with Crippen molar-refractivity contribution in [3.8, 4) is 44.9 Å². The molecule has 5 heterocycles. The van der Waals surface area contributed by atoms with E-state index in [9.17, 15) is 0 Å². The Bertz CT molecular complexity index is 3890. The van der Waals surface area contributed by atoms with Crippen LogP contribution in [0.4, 0.5) is 0 Å². The highest BCUT2D eigenvalue weighted by Crippen LogP contribution is 2.40. The maximum Gasteiger partial charge on any atom is 0.138 e. The second-order valence-corrected chi connectivity index (χ2v) is 15.4. The van der Waals surface area contributed by atoms with Gasteiger partial charge in [-0.25, -0.2) is 15.0 Å². The summed E-state index contributed by atoms with van der Waals surface area (Å²) in [6.45, 7) is 0. The Balaban J connectivity index is 0.975. The van der Waals surface area contributed by atoms with Crippen LogP contribution < -0.4 is 0 Å². The third-order valence-corrected chi connectivity index (χ3v) is 12.0. The van der Waals surface area contributed by atoms with E-state index in [-0.39, 0.29) is 0 Å². The molecule has 0 saturated carbocycles. The van der Waals surface area contributed by atoms with Crippen LogP contribution in [-0.4, -0.2) is 24.3 Å². The van der Waals surface area contributed by atoms with E-state index in [0.29, 0.717) is 0 Å². The highest BCUT2D eigenvalue weighted by atomic mass is 16.3. The number of benzene rings is 8. The van der Waals surface area contributed by atoms with Gasteiger partial charge < -0.3 is 4.42 Å². The summed E-state index contributed by atoms with van der Waals surface area (Å²) in [4.78, 5) is 20.6. The molecule has 13 rings (SSSR count). The summed E-state index contributed by atoms with van der Waals surface area (Å²) in [6, 6.07) is 61.5. The smallest absolute Gasteiger partial charge is 0.138 e. The molecule has 0 fully saturated rings. The molecule has 8 aromatic carbocycles. The Morgan fingerprint density at radius 1 is 0.400 bits per heavy atom. The summed E-state index contributed by atoms with van der Waals surface area (Å²) < 4.78 is 8.36. The van der Waals surface area contributed by atoms with Gasteiger partial charge in [0.05, 0.1) is 33.5 Å². The number of furan rings is 1. The van der Waals surface area contributed by atoms with Crippen LogP contribution in [0.15, 0.2) is 193 Å². The summed E-state index contributed by atoms with van der Waals surface area (Å²) >= 11 is 0. The lowest BCUT2D eigenvalue weighted by molar-refractivity contribution is 0.669. The second-order valence-electron chi connectivity index (χ2n) is 15.4. The minimum atomic E-state index is 0.765. The Morgan fingerprint density at radius 2 is 1.10 bits per heavy atom. The lowest BCUT2D eigenvalue weighted by Crippen LogP contribution is -1.97. The minimum absolute atomic E-state index is 0.765. The number of rotatable bonds is 4. The van der Waals surface area contributed by atoms with Crippen LogP contribution in [0.5, 0.6) is 0 Å². The van der Waals surface area contributed by atoms with Crippen molar-refractivity contribution < 1.29 is 4.42 Å². The molecule has 0 unspecified atom stereocenters. The highest BCUT2D eigenvalue weighted by molar-refractivity contribution is 6.24. The summed E-state index contributed by atoms with van der Waals surface area (Å²) in [5, 5.41) is 9.04. The molecule has 0 amide bonds. The van der Waals surface area contributed by atoms with Crippen molar-refractivity contribution in [2.24, 2.45) is 0 Å². The van der Waals surface area contributed by atoms with Crippen LogP contribution in [0.25, 0.3) is 127 Å². The van der Waals surface area contributed by atoms with Gasteiger partial charge in [-0.3, -0.25) is 9.38 Å². The summed E-state index contributed by atoms with van der Waals surface area (Å²) in [7, 11) is 0. The van der Waals surface area contributed by atoms with Gasteiger partial charge in [-0.2, -0.15) is 0 Å². The largest absolute Gasteiger partial charge is 0.456 e. The first-order valence-electron chi connectivity index (χ1n) is 20.1. The van der Waals surface area contributed by atoms with E-state index >= 15 is 0 Å². The molecule has 0 atom stereocenters. The molecule has 0 radical (unpaired) electrons. The van der Waals surface area contributed by atoms with Crippen molar-refractivity contribution in [1.29, 1.82) is 0 Å². The van der Waals surface area contributed by atoms with Crippen molar-refractivity contribution in [2.45, 2.75) is 0 Å². The minimum Gasteiger partial charge on any atom is -0.456 e. The molecule has 5 aromatic heterocycles. The van der Waals surface area contributed by atoms with E-state index < -0.39 is 0 Å². The van der Waals surface area contributed by atoms with Crippen molar-refractivity contribution in [3.63, 3.8) is 0 Å². The summed E-state index contributed by atoms with van der Waals surface area (Å²) in [6.07, 6.45) is 3.97. The summed E-state index contributed by atoms with van der Waals surface area (Å²) in [5.41, 5.74) is 14.3. The number of pyridine rings is 2. The van der Waals surface area contributed by atoms with Gasteiger partial charge in [-0.15, -0.1) is 0 Å². The van der Waals surface area contributed by atoms with Crippen molar-refractivity contribution in [3.05, 3.63) is 188 Å². The zero-order valence-corrected chi connectivity index (χ0v) is 32.0. The fourth-order valence-electron chi connectivity index (χ4n) is 9.15. The van der Waals surface area contributed by atoms with Crippen LogP contribution in [0.3, 0.4) is 0 Å². The molecule has 0 bridgehead atoms. The number of aromatic nitrogens is 5. The van der Waals surface area contributed by atoms with E-state index in [4.69, 9.17) is 24.4 Å². The van der Waals surface area contributed by atoms with E-state index in [1.165, 1.54) is 10.8 Å². The zero-order chi connectivity index (χ0) is 39.3. The monoisotopic (exact) mass is 765 g/mol. The molecule has 6 nitrogen and oxygen atoms in total. The average Bonchev–Trinajstić information content (AvgIpc) is 3.90. The predicted molar refractivity (Wildman–Crippen MR) is 245 cm³/mol. The highest BCUT2D eigenvalue weighted by Gasteiger charge is 2.19. The number of hydrogen-bond acceptors (Lipinski definition) is 5. The van der Waals surface area contributed by atoms with Gasteiger partial charge in [0, 0.05) is 44.9 Å². The van der Waals surface area contributed by atoms with Crippen LogP contribution in [0.2, 0.25) is 0 Å². The fraction of sp³-hybridized carbons (Fsp3) is 0. The molecule has 0 aliphatic rings. The normalized spacial score (nSPS) is 12.0. The van der Waals surface area contributed by atoms with Crippen molar-refractivity contribution in [1.82, 2.24) is 24.3 Å². The Labute approximate surface area is 342 Å². The van der Waals surface area contributed by atoms with Gasteiger partial charge >= 0.3 is 0 Å². The molecular formula is C54H31N5O. The third kappa shape index (κ3) is 4.94. The molecule has 13 aromatic rings. The maximum atomic E-state index is 6.12. The van der Waals surface area contributed by atoms with E-state index in [0.717, 1.165) is 116 Å². The molecule has 278 valence electrons. The quantitative estimate of drug-likeness (QED) is 0.167. The number of para-hydroxylation sites is 1. The van der Waals surface area contributed by atoms with E-state index in [1.54, 1.807) is 0 Å². The number of imidazole rings is 1. The lowest BCUT2D eigenvalue weighted by Gasteiger charge is -2.13. The molecule has 6 heteroatoms. The molecule has 0 aliphatic heterocycles. The molecular weight excluding hydrogens is 735 g/mol. The number of fused-ring (bicyclic) bond motifs is 14. The molecule has 0 spiro atoms. The van der Waals surface area contributed by atoms with Crippen LogP contribution in [0, 0.1) is 0 Å². The van der Waals surface area contributed by atoms with Crippen LogP contribution in [0.1, 0.15) is 0 Å². The SMILES string of the molecule is c1ccc(-c2nc3ccc4ccc(-c5ccc6c(c5)c5ccccc5c5nc7cc(-c8ccc9oc%10ccccc%10c9c8)ccn7c65)cc4c3nc2-c2ccccn2)cc1. The molecule has 0 N–H and O–H groups in total. The van der Waals surface area contributed by atoms with Gasteiger partial charge in [-0.05, 0) is 99.1 Å². The lowest BCUT2D eigenvalue weighted by atomic mass is 9.94. The molecule has 0 saturated heterocycles. The van der Waals surface area contributed by atoms with Crippen molar-refractivity contribution >= 4 is 82.0 Å². The third-order valence-electron chi connectivity index (χ3n) is 12.0. The van der Waals surface area contributed by atoms with Gasteiger partial charge in [0.2, 0.25) is 0 Å².